The molecule has 0 aliphatic carbocycles. The van der Waals surface area contributed by atoms with Crippen molar-refractivity contribution < 1.29 is 22.7 Å². The molecule has 2 rings (SSSR count). The first-order valence-corrected chi connectivity index (χ1v) is 10.2. The molecule has 2 aromatic carbocycles. The summed E-state index contributed by atoms with van der Waals surface area (Å²) in [6, 6.07) is 13.9. The van der Waals surface area contributed by atoms with Crippen LogP contribution in [0, 0.1) is 0 Å². The first-order valence-electron chi connectivity index (χ1n) is 8.34. The largest absolute Gasteiger partial charge is 0.497 e. The molecule has 0 atom stereocenters. The van der Waals surface area contributed by atoms with Gasteiger partial charge in [0.1, 0.15) is 11.5 Å². The van der Waals surface area contributed by atoms with Crippen molar-refractivity contribution in [2.24, 2.45) is 0 Å². The highest BCUT2D eigenvalue weighted by atomic mass is 32.2. The molecule has 8 heteroatoms. The van der Waals surface area contributed by atoms with Crippen LogP contribution in [0.4, 0.5) is 0 Å². The fraction of sp³-hybridized carbons (Fsp3) is 0.316. The Hall–Kier alpha value is -2.58. The Morgan fingerprint density at radius 3 is 2.30 bits per heavy atom. The van der Waals surface area contributed by atoms with Crippen LogP contribution in [0.3, 0.4) is 0 Å². The fourth-order valence-electron chi connectivity index (χ4n) is 2.52. The monoisotopic (exact) mass is 392 g/mol. The third-order valence-electron chi connectivity index (χ3n) is 4.01. The maximum atomic E-state index is 12.2. The summed E-state index contributed by atoms with van der Waals surface area (Å²) in [5.41, 5.74) is 1.23. The molecular formula is C19H24N2O5S. The standard InChI is InChI=1S/C19H24N2O5S/c1-25-17-10-8-15(9-11-17)19(22)20-12-13-21(27(3,23)24)14-16-6-4-5-7-18(16)26-2/h4-11H,12-14H2,1-3H3,(H,20,22). The minimum atomic E-state index is -3.45. The number of ether oxygens (including phenoxy) is 2. The number of rotatable bonds is 9. The number of para-hydroxylation sites is 1. The Morgan fingerprint density at radius 2 is 1.70 bits per heavy atom. The van der Waals surface area contributed by atoms with Crippen molar-refractivity contribution in [3.8, 4) is 11.5 Å². The lowest BCUT2D eigenvalue weighted by molar-refractivity contribution is 0.0951. The SMILES string of the molecule is COc1ccc(C(=O)NCCN(Cc2ccccc2OC)S(C)(=O)=O)cc1. The lowest BCUT2D eigenvalue weighted by Gasteiger charge is -2.21. The van der Waals surface area contributed by atoms with Crippen LogP contribution in [0.15, 0.2) is 48.5 Å². The number of amides is 1. The number of sulfonamides is 1. The second-order valence-electron chi connectivity index (χ2n) is 5.89. The van der Waals surface area contributed by atoms with E-state index in [-0.39, 0.29) is 25.5 Å². The molecule has 0 bridgehead atoms. The molecule has 0 saturated carbocycles. The average molecular weight is 392 g/mol. The molecule has 27 heavy (non-hydrogen) atoms. The molecule has 0 unspecified atom stereocenters. The van der Waals surface area contributed by atoms with E-state index in [1.807, 2.05) is 18.2 Å². The van der Waals surface area contributed by atoms with Gasteiger partial charge in [0.2, 0.25) is 10.0 Å². The first kappa shape index (κ1) is 20.7. The van der Waals surface area contributed by atoms with Crippen LogP contribution in [0.2, 0.25) is 0 Å². The lowest BCUT2D eigenvalue weighted by Crippen LogP contribution is -2.37. The summed E-state index contributed by atoms with van der Waals surface area (Å²) in [7, 11) is -0.357. The van der Waals surface area contributed by atoms with Gasteiger partial charge < -0.3 is 14.8 Å². The number of nitrogens with one attached hydrogen (secondary N) is 1. The van der Waals surface area contributed by atoms with Crippen molar-refractivity contribution in [3.05, 3.63) is 59.7 Å². The van der Waals surface area contributed by atoms with E-state index in [9.17, 15) is 13.2 Å². The van der Waals surface area contributed by atoms with Gasteiger partial charge in [0.25, 0.3) is 5.91 Å². The Kier molecular flexibility index (Phi) is 7.20. The van der Waals surface area contributed by atoms with Crippen molar-refractivity contribution in [2.45, 2.75) is 6.54 Å². The predicted molar refractivity (Wildman–Crippen MR) is 104 cm³/mol. The van der Waals surface area contributed by atoms with Crippen LogP contribution < -0.4 is 14.8 Å². The van der Waals surface area contributed by atoms with E-state index in [4.69, 9.17) is 9.47 Å². The normalized spacial score (nSPS) is 11.3. The van der Waals surface area contributed by atoms with Gasteiger partial charge in [-0.05, 0) is 30.3 Å². The zero-order valence-corrected chi connectivity index (χ0v) is 16.5. The molecule has 0 fully saturated rings. The predicted octanol–water partition coefficient (Wildman–Crippen LogP) is 1.90. The van der Waals surface area contributed by atoms with E-state index in [0.717, 1.165) is 11.8 Å². The summed E-state index contributed by atoms with van der Waals surface area (Å²) in [5.74, 6) is 1.00. The minimum absolute atomic E-state index is 0.152. The molecule has 0 spiro atoms. The summed E-state index contributed by atoms with van der Waals surface area (Å²) < 4.78 is 35.9. The molecule has 0 heterocycles. The molecule has 0 saturated heterocycles. The summed E-state index contributed by atoms with van der Waals surface area (Å²) in [6.07, 6.45) is 1.15. The number of carbonyl (C=O) groups is 1. The van der Waals surface area contributed by atoms with E-state index in [1.54, 1.807) is 44.6 Å². The number of nitrogens with zero attached hydrogens (tertiary/aromatic N) is 1. The summed E-state index contributed by atoms with van der Waals surface area (Å²) in [4.78, 5) is 12.2. The topological polar surface area (TPSA) is 84.9 Å². The van der Waals surface area contributed by atoms with E-state index >= 15 is 0 Å². The second-order valence-corrected chi connectivity index (χ2v) is 7.88. The van der Waals surface area contributed by atoms with Crippen LogP contribution in [0.1, 0.15) is 15.9 Å². The van der Waals surface area contributed by atoms with Gasteiger partial charge in [-0.25, -0.2) is 8.42 Å². The minimum Gasteiger partial charge on any atom is -0.497 e. The molecule has 0 aromatic heterocycles. The number of carbonyl (C=O) groups excluding carboxylic acids is 1. The number of benzene rings is 2. The van der Waals surface area contributed by atoms with Crippen molar-refractivity contribution in [2.75, 3.05) is 33.6 Å². The molecule has 146 valence electrons. The Morgan fingerprint density at radius 1 is 1.04 bits per heavy atom. The molecule has 0 aliphatic rings. The fourth-order valence-corrected chi connectivity index (χ4v) is 3.32. The first-order chi connectivity index (χ1) is 12.8. The molecule has 0 radical (unpaired) electrons. The third-order valence-corrected chi connectivity index (χ3v) is 5.26. The quantitative estimate of drug-likeness (QED) is 0.705. The summed E-state index contributed by atoms with van der Waals surface area (Å²) >= 11 is 0. The second kappa shape index (κ2) is 9.38. The van der Waals surface area contributed by atoms with E-state index in [2.05, 4.69) is 5.32 Å². The number of hydrogen-bond acceptors (Lipinski definition) is 5. The molecule has 1 N–H and O–H groups in total. The molecule has 1 amide bonds. The Labute approximate surface area is 160 Å². The van der Waals surface area contributed by atoms with E-state index in [0.29, 0.717) is 17.1 Å². The Balaban J connectivity index is 1.99. The van der Waals surface area contributed by atoms with Gasteiger partial charge in [0.05, 0.1) is 20.5 Å². The Bertz CT molecular complexity index is 866. The van der Waals surface area contributed by atoms with Crippen LogP contribution in [0.25, 0.3) is 0 Å². The van der Waals surface area contributed by atoms with E-state index in [1.165, 1.54) is 4.31 Å². The van der Waals surface area contributed by atoms with Gasteiger partial charge in [-0.2, -0.15) is 4.31 Å². The van der Waals surface area contributed by atoms with Gasteiger partial charge in [-0.1, -0.05) is 18.2 Å². The zero-order chi connectivity index (χ0) is 19.9. The summed E-state index contributed by atoms with van der Waals surface area (Å²) in [6.45, 7) is 0.507. The smallest absolute Gasteiger partial charge is 0.251 e. The van der Waals surface area contributed by atoms with Crippen LogP contribution >= 0.6 is 0 Å². The van der Waals surface area contributed by atoms with Gasteiger partial charge in [-0.15, -0.1) is 0 Å². The number of hydrogen-bond donors (Lipinski definition) is 1. The van der Waals surface area contributed by atoms with E-state index < -0.39 is 10.0 Å². The summed E-state index contributed by atoms with van der Waals surface area (Å²) in [5, 5.41) is 2.74. The van der Waals surface area contributed by atoms with Crippen LogP contribution in [0.5, 0.6) is 11.5 Å². The van der Waals surface area contributed by atoms with Crippen LogP contribution in [-0.4, -0.2) is 52.2 Å². The van der Waals surface area contributed by atoms with Crippen molar-refractivity contribution in [1.29, 1.82) is 0 Å². The lowest BCUT2D eigenvalue weighted by atomic mass is 10.2. The number of methoxy groups -OCH3 is 2. The maximum Gasteiger partial charge on any atom is 0.251 e. The average Bonchev–Trinajstić information content (AvgIpc) is 2.66. The van der Waals surface area contributed by atoms with Gasteiger partial charge >= 0.3 is 0 Å². The molecule has 0 aliphatic heterocycles. The maximum absolute atomic E-state index is 12.2. The van der Waals surface area contributed by atoms with Crippen molar-refractivity contribution in [1.82, 2.24) is 9.62 Å². The van der Waals surface area contributed by atoms with Crippen LogP contribution in [-0.2, 0) is 16.6 Å². The van der Waals surface area contributed by atoms with Gasteiger partial charge in [0, 0.05) is 30.8 Å². The molecular weight excluding hydrogens is 368 g/mol. The zero-order valence-electron chi connectivity index (χ0n) is 15.6. The highest BCUT2D eigenvalue weighted by Gasteiger charge is 2.19. The highest BCUT2D eigenvalue weighted by Crippen LogP contribution is 2.20. The van der Waals surface area contributed by atoms with Crippen molar-refractivity contribution >= 4 is 15.9 Å². The highest BCUT2D eigenvalue weighted by molar-refractivity contribution is 7.88. The molecule has 7 nitrogen and oxygen atoms in total. The van der Waals surface area contributed by atoms with Gasteiger partial charge in [0.15, 0.2) is 0 Å². The third kappa shape index (κ3) is 5.97. The van der Waals surface area contributed by atoms with Gasteiger partial charge in [-0.3, -0.25) is 4.79 Å². The molecule has 2 aromatic rings. The van der Waals surface area contributed by atoms with Crippen molar-refractivity contribution in [3.63, 3.8) is 0 Å².